The summed E-state index contributed by atoms with van der Waals surface area (Å²) in [5.41, 5.74) is 0.845. The van der Waals surface area contributed by atoms with Crippen LogP contribution in [0.25, 0.3) is 11.0 Å². The van der Waals surface area contributed by atoms with E-state index in [-0.39, 0.29) is 17.2 Å². The summed E-state index contributed by atoms with van der Waals surface area (Å²) in [6, 6.07) is 3.58. The van der Waals surface area contributed by atoms with Crippen molar-refractivity contribution in [3.05, 3.63) is 30.3 Å². The number of furan rings is 1. The number of nitrogens with one attached hydrogen (secondary N) is 2. The van der Waals surface area contributed by atoms with Crippen molar-refractivity contribution in [3.8, 4) is 0 Å². The Morgan fingerprint density at radius 1 is 1.29 bits per heavy atom. The second-order valence-corrected chi connectivity index (χ2v) is 8.80. The van der Waals surface area contributed by atoms with E-state index in [2.05, 4.69) is 41.4 Å². The zero-order valence-corrected chi connectivity index (χ0v) is 19.1. The Balaban J connectivity index is 1.34. The molecular formula is C24H36N4O3. The van der Waals surface area contributed by atoms with Crippen LogP contribution < -0.4 is 10.6 Å². The Labute approximate surface area is 185 Å². The maximum Gasteiger partial charge on any atom is 0.287 e. The van der Waals surface area contributed by atoms with Gasteiger partial charge in [0.1, 0.15) is 0 Å². The molecule has 3 rings (SSSR count). The fraction of sp³-hybridized carbons (Fsp3) is 0.625. The SMILES string of the molecule is CCN(C)CCCCC(=O)NCCC1(CC)CC1CNC(=O)c1cc2ccncc2o1. The van der Waals surface area contributed by atoms with Crippen molar-refractivity contribution in [2.75, 3.05) is 33.2 Å². The van der Waals surface area contributed by atoms with Crippen molar-refractivity contribution < 1.29 is 14.0 Å². The van der Waals surface area contributed by atoms with Gasteiger partial charge in [-0.15, -0.1) is 0 Å². The molecule has 1 saturated carbocycles. The number of rotatable bonds is 13. The average molecular weight is 429 g/mol. The number of carbonyl (C=O) groups excluding carboxylic acids is 2. The highest BCUT2D eigenvalue weighted by atomic mass is 16.3. The Hall–Kier alpha value is -2.41. The number of aromatic nitrogens is 1. The van der Waals surface area contributed by atoms with Gasteiger partial charge in [-0.05, 0) is 69.3 Å². The summed E-state index contributed by atoms with van der Waals surface area (Å²) in [5, 5.41) is 6.97. The van der Waals surface area contributed by atoms with Crippen LogP contribution in [-0.4, -0.2) is 54.9 Å². The summed E-state index contributed by atoms with van der Waals surface area (Å²) < 4.78 is 5.59. The second kappa shape index (κ2) is 10.8. The molecule has 7 heteroatoms. The van der Waals surface area contributed by atoms with Gasteiger partial charge >= 0.3 is 0 Å². The van der Waals surface area contributed by atoms with Gasteiger partial charge in [0, 0.05) is 31.1 Å². The van der Waals surface area contributed by atoms with E-state index in [0.717, 1.165) is 50.6 Å². The highest BCUT2D eigenvalue weighted by Crippen LogP contribution is 2.57. The van der Waals surface area contributed by atoms with Crippen molar-refractivity contribution in [1.29, 1.82) is 0 Å². The lowest BCUT2D eigenvalue weighted by Crippen LogP contribution is -2.29. The largest absolute Gasteiger partial charge is 0.449 e. The molecule has 31 heavy (non-hydrogen) atoms. The lowest BCUT2D eigenvalue weighted by atomic mass is 9.95. The first-order valence-corrected chi connectivity index (χ1v) is 11.5. The minimum Gasteiger partial charge on any atom is -0.449 e. The molecule has 1 fully saturated rings. The van der Waals surface area contributed by atoms with Crippen molar-refractivity contribution in [1.82, 2.24) is 20.5 Å². The molecule has 1 aliphatic rings. The highest BCUT2D eigenvalue weighted by Gasteiger charge is 2.51. The Kier molecular flexibility index (Phi) is 8.07. The summed E-state index contributed by atoms with van der Waals surface area (Å²) >= 11 is 0. The van der Waals surface area contributed by atoms with Gasteiger partial charge in [-0.25, -0.2) is 0 Å². The molecular weight excluding hydrogens is 392 g/mol. The smallest absolute Gasteiger partial charge is 0.287 e. The zero-order chi connectivity index (χ0) is 22.3. The number of unbranched alkanes of at least 4 members (excludes halogenated alkanes) is 1. The number of fused-ring (bicyclic) bond motifs is 1. The predicted molar refractivity (Wildman–Crippen MR) is 122 cm³/mol. The van der Waals surface area contributed by atoms with Crippen LogP contribution in [0.4, 0.5) is 0 Å². The first-order valence-electron chi connectivity index (χ1n) is 11.5. The van der Waals surface area contributed by atoms with E-state index in [1.807, 2.05) is 6.07 Å². The van der Waals surface area contributed by atoms with E-state index in [9.17, 15) is 9.59 Å². The molecule has 0 spiro atoms. The van der Waals surface area contributed by atoms with E-state index < -0.39 is 0 Å². The molecule has 2 unspecified atom stereocenters. The van der Waals surface area contributed by atoms with Crippen LogP contribution >= 0.6 is 0 Å². The van der Waals surface area contributed by atoms with Gasteiger partial charge in [-0.2, -0.15) is 0 Å². The number of amides is 2. The molecule has 170 valence electrons. The van der Waals surface area contributed by atoms with Gasteiger partial charge in [0.15, 0.2) is 11.3 Å². The topological polar surface area (TPSA) is 87.5 Å². The van der Waals surface area contributed by atoms with Crippen molar-refractivity contribution >= 4 is 22.8 Å². The van der Waals surface area contributed by atoms with Crippen LogP contribution in [0.2, 0.25) is 0 Å². The van der Waals surface area contributed by atoms with E-state index in [1.54, 1.807) is 18.5 Å². The lowest BCUT2D eigenvalue weighted by Gasteiger charge is -2.16. The molecule has 2 aromatic rings. The van der Waals surface area contributed by atoms with Crippen LogP contribution in [0.15, 0.2) is 28.9 Å². The average Bonchev–Trinajstić information content (AvgIpc) is 3.29. The quantitative estimate of drug-likeness (QED) is 0.476. The molecule has 0 saturated heterocycles. The summed E-state index contributed by atoms with van der Waals surface area (Å²) in [4.78, 5) is 30.8. The van der Waals surface area contributed by atoms with Crippen molar-refractivity contribution in [3.63, 3.8) is 0 Å². The second-order valence-electron chi connectivity index (χ2n) is 8.80. The molecule has 0 radical (unpaired) electrons. The zero-order valence-electron chi connectivity index (χ0n) is 19.1. The van der Waals surface area contributed by atoms with Gasteiger partial charge in [-0.3, -0.25) is 14.6 Å². The fourth-order valence-corrected chi connectivity index (χ4v) is 4.30. The maximum atomic E-state index is 12.5. The molecule has 0 aromatic carbocycles. The predicted octanol–water partition coefficient (Wildman–Crippen LogP) is 3.60. The highest BCUT2D eigenvalue weighted by molar-refractivity contribution is 5.95. The third-order valence-electron chi connectivity index (χ3n) is 6.80. The molecule has 2 N–H and O–H groups in total. The summed E-state index contributed by atoms with van der Waals surface area (Å²) in [5.74, 6) is 0.738. The first-order chi connectivity index (χ1) is 15.0. The van der Waals surface area contributed by atoms with Crippen molar-refractivity contribution in [2.24, 2.45) is 11.3 Å². The van der Waals surface area contributed by atoms with Crippen LogP contribution in [-0.2, 0) is 4.79 Å². The third kappa shape index (κ3) is 6.29. The monoisotopic (exact) mass is 428 g/mol. The van der Waals surface area contributed by atoms with E-state index in [1.165, 1.54) is 0 Å². The fourth-order valence-electron chi connectivity index (χ4n) is 4.30. The maximum absolute atomic E-state index is 12.5. The third-order valence-corrected chi connectivity index (χ3v) is 6.80. The van der Waals surface area contributed by atoms with E-state index in [0.29, 0.717) is 36.8 Å². The van der Waals surface area contributed by atoms with Gasteiger partial charge < -0.3 is 20.0 Å². The molecule has 7 nitrogen and oxygen atoms in total. The molecule has 0 bridgehead atoms. The Morgan fingerprint density at radius 2 is 2.13 bits per heavy atom. The minimum atomic E-state index is -0.185. The normalized spacial score (nSPS) is 20.2. The van der Waals surface area contributed by atoms with Gasteiger partial charge in [0.2, 0.25) is 5.91 Å². The van der Waals surface area contributed by atoms with Crippen LogP contribution in [0.3, 0.4) is 0 Å². The number of pyridine rings is 1. The van der Waals surface area contributed by atoms with Gasteiger partial charge in [0.25, 0.3) is 5.91 Å². The number of hydrogen-bond donors (Lipinski definition) is 2. The number of carbonyl (C=O) groups is 2. The van der Waals surface area contributed by atoms with Crippen LogP contribution in [0.5, 0.6) is 0 Å². The standard InChI is InChI=1S/C24H36N4O3/c1-4-24(10-12-26-22(29)8-6-7-13-28(3)5-2)15-19(24)16-27-23(30)20-14-18-9-11-25-17-21(18)31-20/h9,11,14,17,19H,4-8,10,12-13,15-16H2,1-3H3,(H,26,29)(H,27,30). The Bertz CT molecular complexity index is 848. The van der Waals surface area contributed by atoms with E-state index >= 15 is 0 Å². The summed E-state index contributed by atoms with van der Waals surface area (Å²) in [6.07, 6.45) is 9.00. The van der Waals surface area contributed by atoms with Gasteiger partial charge in [-0.1, -0.05) is 20.3 Å². The molecule has 2 amide bonds. The molecule has 0 aliphatic heterocycles. The minimum absolute atomic E-state index is 0.148. The molecule has 2 aromatic heterocycles. The molecule has 1 aliphatic carbocycles. The summed E-state index contributed by atoms with van der Waals surface area (Å²) in [6.45, 7) is 7.77. The molecule has 2 heterocycles. The van der Waals surface area contributed by atoms with Crippen molar-refractivity contribution in [2.45, 2.75) is 52.4 Å². The first kappa shape index (κ1) is 23.3. The van der Waals surface area contributed by atoms with Crippen LogP contribution in [0.1, 0.15) is 62.9 Å². The lowest BCUT2D eigenvalue weighted by molar-refractivity contribution is -0.121. The Morgan fingerprint density at radius 3 is 2.87 bits per heavy atom. The molecule has 2 atom stereocenters. The summed E-state index contributed by atoms with van der Waals surface area (Å²) in [7, 11) is 2.10. The number of hydrogen-bond acceptors (Lipinski definition) is 5. The van der Waals surface area contributed by atoms with Crippen LogP contribution in [0, 0.1) is 11.3 Å². The van der Waals surface area contributed by atoms with Gasteiger partial charge in [0.05, 0.1) is 6.20 Å². The van der Waals surface area contributed by atoms with E-state index in [4.69, 9.17) is 4.42 Å². The number of nitrogens with zero attached hydrogens (tertiary/aromatic N) is 2.